The van der Waals surface area contributed by atoms with Gasteiger partial charge in [0.15, 0.2) is 0 Å². The number of aryl methyl sites for hydroxylation is 2. The second-order valence-corrected chi connectivity index (χ2v) is 7.42. The summed E-state index contributed by atoms with van der Waals surface area (Å²) in [5.41, 5.74) is 6.33. The number of halogens is 1. The molecule has 0 radical (unpaired) electrons. The monoisotopic (exact) mass is 362 g/mol. The maximum Gasteiger partial charge on any atom is 0.128 e. The molecule has 1 heterocycles. The van der Waals surface area contributed by atoms with Crippen LogP contribution in [0.15, 0.2) is 72.8 Å². The molecular formula is C23H23ClN2. The molecular weight excluding hydrogens is 340 g/mol. The average Bonchev–Trinajstić information content (AvgIpc) is 3.08. The van der Waals surface area contributed by atoms with E-state index in [1.807, 2.05) is 12.1 Å². The van der Waals surface area contributed by atoms with E-state index in [0.717, 1.165) is 18.1 Å². The van der Waals surface area contributed by atoms with E-state index < -0.39 is 0 Å². The molecule has 0 atom stereocenters. The quantitative estimate of drug-likeness (QED) is 0.565. The fourth-order valence-corrected chi connectivity index (χ4v) is 3.76. The number of anilines is 2. The van der Waals surface area contributed by atoms with Crippen LogP contribution in [-0.2, 0) is 0 Å². The van der Waals surface area contributed by atoms with Gasteiger partial charge in [-0.05, 0) is 55.8 Å². The summed E-state index contributed by atoms with van der Waals surface area (Å²) in [6, 6.07) is 25.9. The first kappa shape index (κ1) is 17.0. The van der Waals surface area contributed by atoms with Gasteiger partial charge in [-0.25, -0.2) is 0 Å². The molecule has 3 heteroatoms. The summed E-state index contributed by atoms with van der Waals surface area (Å²) in [6.07, 6.45) is 0.165. The van der Waals surface area contributed by atoms with Gasteiger partial charge in [0.2, 0.25) is 0 Å². The molecule has 0 N–H and O–H groups in total. The van der Waals surface area contributed by atoms with E-state index in [9.17, 15) is 0 Å². The van der Waals surface area contributed by atoms with E-state index in [0.29, 0.717) is 0 Å². The molecule has 1 aliphatic rings. The fourth-order valence-electron chi connectivity index (χ4n) is 3.64. The maximum absolute atomic E-state index is 6.13. The second-order valence-electron chi connectivity index (χ2n) is 6.98. The average molecular weight is 363 g/mol. The Morgan fingerprint density at radius 1 is 0.654 bits per heavy atom. The molecule has 4 rings (SSSR count). The van der Waals surface area contributed by atoms with Crippen molar-refractivity contribution in [3.05, 3.63) is 94.5 Å². The molecule has 3 aromatic rings. The van der Waals surface area contributed by atoms with Gasteiger partial charge in [0.05, 0.1) is 0 Å². The molecule has 0 saturated carbocycles. The van der Waals surface area contributed by atoms with Crippen molar-refractivity contribution in [3.8, 4) is 0 Å². The lowest BCUT2D eigenvalue weighted by Gasteiger charge is -2.33. The molecule has 0 aliphatic carbocycles. The zero-order valence-electron chi connectivity index (χ0n) is 15.2. The first-order valence-corrected chi connectivity index (χ1v) is 9.42. The Hall–Kier alpha value is -2.45. The lowest BCUT2D eigenvalue weighted by Crippen LogP contribution is -2.30. The van der Waals surface area contributed by atoms with E-state index in [1.165, 1.54) is 28.1 Å². The van der Waals surface area contributed by atoms with Gasteiger partial charge in [-0.2, -0.15) is 0 Å². The zero-order chi connectivity index (χ0) is 18.1. The van der Waals surface area contributed by atoms with Crippen LogP contribution >= 0.6 is 11.6 Å². The molecule has 2 nitrogen and oxygen atoms in total. The molecule has 0 bridgehead atoms. The molecule has 0 aromatic heterocycles. The summed E-state index contributed by atoms with van der Waals surface area (Å²) in [7, 11) is 0. The van der Waals surface area contributed by atoms with Crippen LogP contribution in [0.25, 0.3) is 0 Å². The lowest BCUT2D eigenvalue weighted by atomic mass is 10.1. The van der Waals surface area contributed by atoms with E-state index in [4.69, 9.17) is 11.6 Å². The molecule has 1 fully saturated rings. The zero-order valence-corrected chi connectivity index (χ0v) is 15.9. The van der Waals surface area contributed by atoms with E-state index in [2.05, 4.69) is 84.3 Å². The third kappa shape index (κ3) is 3.30. The molecule has 0 spiro atoms. The highest BCUT2D eigenvalue weighted by molar-refractivity contribution is 6.30. The van der Waals surface area contributed by atoms with Crippen LogP contribution in [0.3, 0.4) is 0 Å². The Bertz CT molecular complexity index is 816. The van der Waals surface area contributed by atoms with Crippen LogP contribution in [-0.4, -0.2) is 13.1 Å². The molecule has 3 aromatic carbocycles. The first-order chi connectivity index (χ1) is 12.6. The highest BCUT2D eigenvalue weighted by Gasteiger charge is 2.33. The molecule has 0 amide bonds. The SMILES string of the molecule is Cc1ccc(N2CCN(c3ccc(C)cc3)C2c2ccc(Cl)cc2)cc1. The van der Waals surface area contributed by atoms with Gasteiger partial charge >= 0.3 is 0 Å². The number of rotatable bonds is 3. The number of nitrogens with zero attached hydrogens (tertiary/aromatic N) is 2. The van der Waals surface area contributed by atoms with Gasteiger partial charge in [0.1, 0.15) is 6.17 Å². The van der Waals surface area contributed by atoms with Gasteiger partial charge in [-0.3, -0.25) is 0 Å². The third-order valence-electron chi connectivity index (χ3n) is 5.07. The Labute approximate surface area is 160 Å². The van der Waals surface area contributed by atoms with Crippen molar-refractivity contribution in [2.75, 3.05) is 22.9 Å². The lowest BCUT2D eigenvalue weighted by molar-refractivity contribution is 0.717. The van der Waals surface area contributed by atoms with Crippen molar-refractivity contribution >= 4 is 23.0 Å². The van der Waals surface area contributed by atoms with Crippen molar-refractivity contribution in [3.63, 3.8) is 0 Å². The predicted molar refractivity (Wildman–Crippen MR) is 111 cm³/mol. The third-order valence-corrected chi connectivity index (χ3v) is 5.32. The largest absolute Gasteiger partial charge is 0.346 e. The van der Waals surface area contributed by atoms with Crippen LogP contribution in [0, 0.1) is 13.8 Å². The molecule has 1 saturated heterocycles. The summed E-state index contributed by atoms with van der Waals surface area (Å²) in [5, 5.41) is 0.774. The first-order valence-electron chi connectivity index (χ1n) is 9.04. The highest BCUT2D eigenvalue weighted by Crippen LogP contribution is 2.38. The highest BCUT2D eigenvalue weighted by atomic mass is 35.5. The van der Waals surface area contributed by atoms with Crippen molar-refractivity contribution in [2.45, 2.75) is 20.0 Å². The van der Waals surface area contributed by atoms with E-state index >= 15 is 0 Å². The van der Waals surface area contributed by atoms with Crippen LogP contribution in [0.1, 0.15) is 22.9 Å². The predicted octanol–water partition coefficient (Wildman–Crippen LogP) is 5.98. The minimum atomic E-state index is 0.165. The van der Waals surface area contributed by atoms with Crippen molar-refractivity contribution in [2.24, 2.45) is 0 Å². The smallest absolute Gasteiger partial charge is 0.128 e. The molecule has 132 valence electrons. The summed E-state index contributed by atoms with van der Waals surface area (Å²) in [5.74, 6) is 0. The Morgan fingerprint density at radius 3 is 1.50 bits per heavy atom. The standard InChI is InChI=1S/C23H23ClN2/c1-17-3-11-21(12-4-17)25-15-16-26(22-13-5-18(2)6-14-22)23(25)19-7-9-20(24)10-8-19/h3-14,23H,15-16H2,1-2H3. The Balaban J connectivity index is 1.75. The van der Waals surface area contributed by atoms with Crippen molar-refractivity contribution < 1.29 is 0 Å². The molecule has 26 heavy (non-hydrogen) atoms. The molecule has 0 unspecified atom stereocenters. The number of hydrogen-bond donors (Lipinski definition) is 0. The summed E-state index contributed by atoms with van der Waals surface area (Å²) in [4.78, 5) is 4.95. The van der Waals surface area contributed by atoms with Crippen LogP contribution < -0.4 is 9.80 Å². The Morgan fingerprint density at radius 2 is 1.08 bits per heavy atom. The topological polar surface area (TPSA) is 6.48 Å². The number of hydrogen-bond acceptors (Lipinski definition) is 2. The summed E-state index contributed by atoms with van der Waals surface area (Å²) >= 11 is 6.13. The summed E-state index contributed by atoms with van der Waals surface area (Å²) in [6.45, 7) is 6.24. The number of benzene rings is 3. The van der Waals surface area contributed by atoms with Gasteiger partial charge in [0.25, 0.3) is 0 Å². The van der Waals surface area contributed by atoms with Gasteiger partial charge in [-0.15, -0.1) is 0 Å². The van der Waals surface area contributed by atoms with Gasteiger partial charge in [-0.1, -0.05) is 59.1 Å². The minimum absolute atomic E-state index is 0.165. The Kier molecular flexibility index (Phi) is 4.60. The van der Waals surface area contributed by atoms with Crippen LogP contribution in [0.5, 0.6) is 0 Å². The van der Waals surface area contributed by atoms with Gasteiger partial charge in [0, 0.05) is 29.5 Å². The normalized spacial score (nSPS) is 14.9. The second kappa shape index (κ2) is 7.05. The van der Waals surface area contributed by atoms with Crippen LogP contribution in [0.2, 0.25) is 5.02 Å². The fraction of sp³-hybridized carbons (Fsp3) is 0.217. The minimum Gasteiger partial charge on any atom is -0.346 e. The van der Waals surface area contributed by atoms with Gasteiger partial charge < -0.3 is 9.80 Å². The maximum atomic E-state index is 6.13. The van der Waals surface area contributed by atoms with Crippen LogP contribution in [0.4, 0.5) is 11.4 Å². The van der Waals surface area contributed by atoms with Crippen molar-refractivity contribution in [1.82, 2.24) is 0 Å². The summed E-state index contributed by atoms with van der Waals surface area (Å²) < 4.78 is 0. The van der Waals surface area contributed by atoms with E-state index in [1.54, 1.807) is 0 Å². The van der Waals surface area contributed by atoms with E-state index in [-0.39, 0.29) is 6.17 Å². The van der Waals surface area contributed by atoms with Crippen molar-refractivity contribution in [1.29, 1.82) is 0 Å². The molecule has 1 aliphatic heterocycles.